The number of rotatable bonds is 13. The average molecular weight is 694 g/mol. The molecule has 0 fully saturated rings. The number of hydrogen-bond donors (Lipinski definition) is 2. The molecule has 0 aliphatic rings. The lowest BCUT2D eigenvalue weighted by atomic mass is 9.83. The summed E-state index contributed by atoms with van der Waals surface area (Å²) in [7, 11) is 0. The van der Waals surface area contributed by atoms with Crippen molar-refractivity contribution in [3.05, 3.63) is 0 Å². The molecular formula is C15H7F25O2. The predicted octanol–water partition coefficient (Wildman–Crippen LogP) is 7.14. The Hall–Kier alpha value is -1.83. The summed E-state index contributed by atoms with van der Waals surface area (Å²) in [6.45, 7) is -5.33. The van der Waals surface area contributed by atoms with E-state index in [9.17, 15) is 110 Å². The van der Waals surface area contributed by atoms with E-state index < -0.39 is 90.5 Å². The first-order valence-corrected chi connectivity index (χ1v) is 9.21. The monoisotopic (exact) mass is 694 g/mol. The van der Waals surface area contributed by atoms with Gasteiger partial charge < -0.3 is 10.2 Å². The van der Waals surface area contributed by atoms with Crippen LogP contribution in [-0.2, 0) is 0 Å². The quantitative estimate of drug-likeness (QED) is 0.202. The molecule has 0 aromatic rings. The maximum atomic E-state index is 13.7. The molecule has 0 saturated carbocycles. The average Bonchev–Trinajstić information content (AvgIpc) is 2.77. The highest BCUT2D eigenvalue weighted by Gasteiger charge is 2.99. The molecule has 0 aromatic carbocycles. The molecular weight excluding hydrogens is 687 g/mol. The van der Waals surface area contributed by atoms with E-state index in [1.54, 1.807) is 0 Å². The molecule has 0 unspecified atom stereocenters. The smallest absolute Gasteiger partial charge is 0.396 e. The number of aliphatic hydroxyl groups excluding tert-OH is 2. The molecule has 0 radical (unpaired) electrons. The van der Waals surface area contributed by atoms with Crippen molar-refractivity contribution in [1.29, 1.82) is 0 Å². The van der Waals surface area contributed by atoms with Gasteiger partial charge in [-0.15, -0.1) is 0 Å². The summed E-state index contributed by atoms with van der Waals surface area (Å²) in [5, 5.41) is 16.6. The maximum Gasteiger partial charge on any atom is 0.460 e. The molecule has 42 heavy (non-hydrogen) atoms. The van der Waals surface area contributed by atoms with Crippen LogP contribution in [0.25, 0.3) is 0 Å². The largest absolute Gasteiger partial charge is 0.460 e. The molecule has 0 heterocycles. The van der Waals surface area contributed by atoms with Gasteiger partial charge in [0.25, 0.3) is 0 Å². The van der Waals surface area contributed by atoms with Crippen molar-refractivity contribution in [2.24, 2.45) is 5.92 Å². The van der Waals surface area contributed by atoms with E-state index in [0.717, 1.165) is 0 Å². The predicted molar refractivity (Wildman–Crippen MR) is 78.1 cm³/mol. The number of halogens is 25. The van der Waals surface area contributed by atoms with E-state index in [4.69, 9.17) is 10.2 Å². The van der Waals surface area contributed by atoms with Crippen LogP contribution in [0.15, 0.2) is 0 Å². The third-order valence-electron chi connectivity index (χ3n) is 5.28. The first kappa shape index (κ1) is 40.2. The molecule has 2 N–H and O–H groups in total. The van der Waals surface area contributed by atoms with Gasteiger partial charge in [0.15, 0.2) is 0 Å². The highest BCUT2D eigenvalue weighted by molar-refractivity contribution is 5.20. The molecule has 27 heteroatoms. The van der Waals surface area contributed by atoms with Gasteiger partial charge >= 0.3 is 71.3 Å². The van der Waals surface area contributed by atoms with Crippen LogP contribution in [-0.4, -0.2) is 94.8 Å². The molecule has 254 valence electrons. The second-order valence-electron chi connectivity index (χ2n) is 7.93. The summed E-state index contributed by atoms with van der Waals surface area (Å²) >= 11 is 0. The minimum Gasteiger partial charge on any atom is -0.396 e. The zero-order chi connectivity index (χ0) is 35.0. The first-order chi connectivity index (χ1) is 17.8. The Morgan fingerprint density at radius 3 is 0.619 bits per heavy atom. The van der Waals surface area contributed by atoms with Crippen LogP contribution in [0.3, 0.4) is 0 Å². The zero-order valence-electron chi connectivity index (χ0n) is 18.3. The minimum absolute atomic E-state index is 2.66. The Morgan fingerprint density at radius 2 is 0.452 bits per heavy atom. The highest BCUT2D eigenvalue weighted by Crippen LogP contribution is 2.68. The van der Waals surface area contributed by atoms with Gasteiger partial charge in [-0.1, -0.05) is 0 Å². The van der Waals surface area contributed by atoms with Crippen molar-refractivity contribution < 1.29 is 120 Å². The van der Waals surface area contributed by atoms with E-state index in [1.807, 2.05) is 0 Å². The van der Waals surface area contributed by atoms with Gasteiger partial charge in [0.1, 0.15) is 0 Å². The van der Waals surface area contributed by atoms with Gasteiger partial charge in [-0.2, -0.15) is 110 Å². The van der Waals surface area contributed by atoms with Gasteiger partial charge in [0.05, 0.1) is 19.1 Å². The van der Waals surface area contributed by atoms with Gasteiger partial charge in [0, 0.05) is 0 Å². The van der Waals surface area contributed by atoms with Crippen LogP contribution in [0.5, 0.6) is 0 Å². The van der Waals surface area contributed by atoms with Gasteiger partial charge in [0.2, 0.25) is 0 Å². The Kier molecular flexibility index (Phi) is 9.66. The molecule has 2 nitrogen and oxygen atoms in total. The lowest BCUT2D eigenvalue weighted by Crippen LogP contribution is -2.78. The Bertz CT molecular complexity index is 957. The van der Waals surface area contributed by atoms with Crippen LogP contribution in [0, 0.1) is 5.92 Å². The fraction of sp³-hybridized carbons (Fsp3) is 1.00. The van der Waals surface area contributed by atoms with Crippen molar-refractivity contribution in [3.8, 4) is 0 Å². The minimum atomic E-state index is -9.64. The van der Waals surface area contributed by atoms with E-state index in [0.29, 0.717) is 0 Å². The van der Waals surface area contributed by atoms with Crippen LogP contribution in [0.1, 0.15) is 0 Å². The Morgan fingerprint density at radius 1 is 0.286 bits per heavy atom. The molecule has 0 aliphatic heterocycles. The summed E-state index contributed by atoms with van der Waals surface area (Å²) in [6.07, 6.45) is -8.19. The van der Waals surface area contributed by atoms with Crippen molar-refractivity contribution in [2.45, 2.75) is 71.3 Å². The van der Waals surface area contributed by atoms with Gasteiger partial charge in [-0.05, 0) is 0 Å². The van der Waals surface area contributed by atoms with Crippen LogP contribution < -0.4 is 0 Å². The SMILES string of the molecule is OCC(CO)C(F)(F)C(F)(F)C(F)(F)C(F)(F)C(F)(F)C(F)(F)C(F)(F)C(F)(F)C(F)(F)C(F)(F)C(F)(F)C(F)(F)F. The van der Waals surface area contributed by atoms with Crippen molar-refractivity contribution >= 4 is 0 Å². The summed E-state index contributed by atoms with van der Waals surface area (Å²) < 4.78 is 332. The molecule has 0 aliphatic carbocycles. The fourth-order valence-corrected chi connectivity index (χ4v) is 2.51. The van der Waals surface area contributed by atoms with Crippen molar-refractivity contribution in [2.75, 3.05) is 13.2 Å². The van der Waals surface area contributed by atoms with Crippen LogP contribution in [0.2, 0.25) is 0 Å². The fourth-order valence-electron chi connectivity index (χ4n) is 2.51. The zero-order valence-corrected chi connectivity index (χ0v) is 18.3. The Balaban J connectivity index is 7.38. The summed E-state index contributed by atoms with van der Waals surface area (Å²) in [5.74, 6) is -104. The first-order valence-electron chi connectivity index (χ1n) is 9.21. The van der Waals surface area contributed by atoms with Crippen LogP contribution >= 0.6 is 0 Å². The van der Waals surface area contributed by atoms with Crippen LogP contribution in [0.4, 0.5) is 110 Å². The maximum absolute atomic E-state index is 13.7. The van der Waals surface area contributed by atoms with E-state index in [2.05, 4.69) is 0 Å². The number of aliphatic hydroxyl groups is 2. The number of hydrogen-bond acceptors (Lipinski definition) is 2. The molecule has 0 rings (SSSR count). The van der Waals surface area contributed by atoms with Gasteiger partial charge in [-0.25, -0.2) is 0 Å². The molecule has 0 bridgehead atoms. The second kappa shape index (κ2) is 10.1. The number of alkyl halides is 25. The lowest BCUT2D eigenvalue weighted by molar-refractivity contribution is -0.483. The third-order valence-corrected chi connectivity index (χ3v) is 5.28. The summed E-state index contributed by atoms with van der Waals surface area (Å²) in [5.41, 5.74) is 0. The summed E-state index contributed by atoms with van der Waals surface area (Å²) in [6, 6.07) is 0. The van der Waals surface area contributed by atoms with Gasteiger partial charge in [-0.3, -0.25) is 0 Å². The van der Waals surface area contributed by atoms with E-state index in [-0.39, 0.29) is 0 Å². The molecule has 0 spiro atoms. The normalized spacial score (nSPS) is 16.9. The molecule has 0 amide bonds. The van der Waals surface area contributed by atoms with Crippen molar-refractivity contribution in [3.63, 3.8) is 0 Å². The molecule has 0 atom stereocenters. The van der Waals surface area contributed by atoms with E-state index in [1.165, 1.54) is 0 Å². The topological polar surface area (TPSA) is 40.5 Å². The summed E-state index contributed by atoms with van der Waals surface area (Å²) in [4.78, 5) is 0. The van der Waals surface area contributed by atoms with E-state index >= 15 is 0 Å². The lowest BCUT2D eigenvalue weighted by Gasteiger charge is -2.46. The second-order valence-corrected chi connectivity index (χ2v) is 7.93. The molecule has 0 aromatic heterocycles. The third kappa shape index (κ3) is 4.59. The van der Waals surface area contributed by atoms with Crippen molar-refractivity contribution in [1.82, 2.24) is 0 Å². The standard InChI is InChI=1S/C15H7F25O2/c16-4(17,3(1-41)2-42)5(18,19)6(20,21)7(22,23)8(24,25)9(26,27)10(28,29)11(30,31)12(32,33)13(34,35)14(36,37)15(38,39)40/h3,41-42H,1-2H2. The molecule has 0 saturated heterocycles. The highest BCUT2D eigenvalue weighted by atomic mass is 19.4. The Labute approximate surface area is 212 Å².